The Kier molecular flexibility index (Phi) is 4.10. The van der Waals surface area contributed by atoms with Gasteiger partial charge in [-0.25, -0.2) is 0 Å². The van der Waals surface area contributed by atoms with E-state index in [1.807, 2.05) is 24.3 Å². The molecule has 1 N–H and O–H groups in total. The van der Waals surface area contributed by atoms with E-state index in [0.717, 1.165) is 35.2 Å². The van der Waals surface area contributed by atoms with Gasteiger partial charge in [-0.3, -0.25) is 4.90 Å². The Morgan fingerprint density at radius 2 is 2.32 bits per heavy atom. The lowest BCUT2D eigenvalue weighted by molar-refractivity contribution is 0.189. The molecule has 3 rings (SSSR count). The number of benzene rings is 1. The van der Waals surface area contributed by atoms with Crippen molar-refractivity contribution in [2.45, 2.75) is 13.0 Å². The molecule has 0 saturated carbocycles. The fourth-order valence-corrected chi connectivity index (χ4v) is 3.77. The van der Waals surface area contributed by atoms with E-state index in [0.29, 0.717) is 6.04 Å². The van der Waals surface area contributed by atoms with E-state index in [9.17, 15) is 0 Å². The van der Waals surface area contributed by atoms with Gasteiger partial charge in [0, 0.05) is 23.6 Å². The highest BCUT2D eigenvalue weighted by atomic mass is 79.9. The summed E-state index contributed by atoms with van der Waals surface area (Å²) in [7, 11) is 0. The van der Waals surface area contributed by atoms with E-state index in [-0.39, 0.29) is 0 Å². The second-order valence-electron chi connectivity index (χ2n) is 5.62. The van der Waals surface area contributed by atoms with Crippen molar-refractivity contribution in [3.05, 3.63) is 28.7 Å². The summed E-state index contributed by atoms with van der Waals surface area (Å²) in [6, 6.07) is 8.74. The monoisotopic (exact) mass is 324 g/mol. The van der Waals surface area contributed by atoms with Crippen LogP contribution in [0.4, 0.5) is 0 Å². The number of rotatable bonds is 4. The van der Waals surface area contributed by atoms with E-state index in [1.165, 1.54) is 19.6 Å². The predicted octanol–water partition coefficient (Wildman–Crippen LogP) is 2.37. The first-order valence-electron chi connectivity index (χ1n) is 7.07. The summed E-state index contributed by atoms with van der Waals surface area (Å²) < 4.78 is 6.90. The van der Waals surface area contributed by atoms with Gasteiger partial charge in [-0.2, -0.15) is 0 Å². The lowest BCUT2D eigenvalue weighted by Crippen LogP contribution is -2.36. The molecule has 0 aliphatic carbocycles. The van der Waals surface area contributed by atoms with Crippen molar-refractivity contribution in [3.8, 4) is 5.75 Å². The number of likely N-dealkylation sites (tertiary alicyclic amines) is 1. The van der Waals surface area contributed by atoms with Crippen LogP contribution in [-0.4, -0.2) is 43.7 Å². The van der Waals surface area contributed by atoms with Crippen LogP contribution in [0, 0.1) is 11.8 Å². The first kappa shape index (κ1) is 13.4. The highest BCUT2D eigenvalue weighted by molar-refractivity contribution is 9.10. The molecule has 3 unspecified atom stereocenters. The van der Waals surface area contributed by atoms with Crippen molar-refractivity contribution in [2.75, 3.05) is 32.8 Å². The Balaban J connectivity index is 1.48. The lowest BCUT2D eigenvalue weighted by Gasteiger charge is -2.24. The molecule has 0 radical (unpaired) electrons. The number of nitrogens with zero attached hydrogens (tertiary/aromatic N) is 1. The van der Waals surface area contributed by atoms with Gasteiger partial charge in [-0.15, -0.1) is 0 Å². The summed E-state index contributed by atoms with van der Waals surface area (Å²) in [4.78, 5) is 2.58. The van der Waals surface area contributed by atoms with E-state index in [2.05, 4.69) is 33.1 Å². The number of fused-ring (bicyclic) bond motifs is 1. The summed E-state index contributed by atoms with van der Waals surface area (Å²) in [6.45, 7) is 7.76. The minimum Gasteiger partial charge on any atom is -0.492 e. The topological polar surface area (TPSA) is 24.5 Å². The van der Waals surface area contributed by atoms with Gasteiger partial charge in [0.15, 0.2) is 0 Å². The second-order valence-corrected chi connectivity index (χ2v) is 6.54. The molecular weight excluding hydrogens is 304 g/mol. The fourth-order valence-electron chi connectivity index (χ4n) is 3.39. The zero-order chi connectivity index (χ0) is 13.2. The molecule has 2 aliphatic rings. The standard InChI is InChI=1S/C15H21BrN2O/c1-11-15-9-17-8-12(15)10-18(11)5-6-19-14-4-2-3-13(16)7-14/h2-4,7,11-12,15,17H,5-6,8-10H2,1H3. The summed E-state index contributed by atoms with van der Waals surface area (Å²) in [6.07, 6.45) is 0. The maximum atomic E-state index is 5.83. The van der Waals surface area contributed by atoms with Gasteiger partial charge in [0.25, 0.3) is 0 Å². The van der Waals surface area contributed by atoms with Crippen LogP contribution in [0.5, 0.6) is 5.75 Å². The van der Waals surface area contributed by atoms with Gasteiger partial charge in [-0.1, -0.05) is 22.0 Å². The van der Waals surface area contributed by atoms with E-state index in [4.69, 9.17) is 4.74 Å². The summed E-state index contributed by atoms with van der Waals surface area (Å²) >= 11 is 3.47. The normalized spacial score (nSPS) is 30.5. The molecule has 2 saturated heterocycles. The van der Waals surface area contributed by atoms with Crippen molar-refractivity contribution in [1.82, 2.24) is 10.2 Å². The first-order valence-corrected chi connectivity index (χ1v) is 7.86. The Labute approximate surface area is 123 Å². The largest absolute Gasteiger partial charge is 0.492 e. The van der Waals surface area contributed by atoms with Crippen LogP contribution >= 0.6 is 15.9 Å². The summed E-state index contributed by atoms with van der Waals surface area (Å²) in [5.74, 6) is 2.63. The molecule has 0 spiro atoms. The van der Waals surface area contributed by atoms with Gasteiger partial charge in [0.05, 0.1) is 0 Å². The third kappa shape index (κ3) is 2.96. The molecule has 1 aromatic carbocycles. The zero-order valence-electron chi connectivity index (χ0n) is 11.3. The number of halogens is 1. The molecule has 0 bridgehead atoms. The van der Waals surface area contributed by atoms with E-state index < -0.39 is 0 Å². The van der Waals surface area contributed by atoms with Crippen LogP contribution in [0.2, 0.25) is 0 Å². The molecule has 3 atom stereocenters. The third-order valence-electron chi connectivity index (χ3n) is 4.50. The molecular formula is C15H21BrN2O. The summed E-state index contributed by atoms with van der Waals surface area (Å²) in [5, 5.41) is 3.50. The Hall–Kier alpha value is -0.580. The molecule has 2 aliphatic heterocycles. The average molecular weight is 325 g/mol. The van der Waals surface area contributed by atoms with E-state index in [1.54, 1.807) is 0 Å². The van der Waals surface area contributed by atoms with Gasteiger partial charge in [0.2, 0.25) is 0 Å². The molecule has 104 valence electrons. The molecule has 2 fully saturated rings. The highest BCUT2D eigenvalue weighted by Crippen LogP contribution is 2.31. The second kappa shape index (κ2) is 5.81. The summed E-state index contributed by atoms with van der Waals surface area (Å²) in [5.41, 5.74) is 0. The number of ether oxygens (including phenoxy) is 1. The van der Waals surface area contributed by atoms with Crippen LogP contribution in [0.15, 0.2) is 28.7 Å². The molecule has 4 heteroatoms. The van der Waals surface area contributed by atoms with Crippen molar-refractivity contribution in [2.24, 2.45) is 11.8 Å². The smallest absolute Gasteiger partial charge is 0.120 e. The minimum absolute atomic E-state index is 0.686. The lowest BCUT2D eigenvalue weighted by atomic mass is 9.95. The molecule has 0 amide bonds. The minimum atomic E-state index is 0.686. The van der Waals surface area contributed by atoms with Crippen LogP contribution in [0.1, 0.15) is 6.92 Å². The molecule has 1 aromatic rings. The SMILES string of the molecule is CC1C2CNCC2CN1CCOc1cccc(Br)c1. The van der Waals surface area contributed by atoms with E-state index >= 15 is 0 Å². The Bertz CT molecular complexity index is 440. The van der Waals surface area contributed by atoms with Crippen molar-refractivity contribution in [3.63, 3.8) is 0 Å². The fraction of sp³-hybridized carbons (Fsp3) is 0.600. The van der Waals surface area contributed by atoms with Crippen molar-refractivity contribution < 1.29 is 4.74 Å². The van der Waals surface area contributed by atoms with Crippen LogP contribution in [0.3, 0.4) is 0 Å². The number of nitrogens with one attached hydrogen (secondary N) is 1. The van der Waals surface area contributed by atoms with Gasteiger partial charge >= 0.3 is 0 Å². The molecule has 0 aromatic heterocycles. The first-order chi connectivity index (χ1) is 9.24. The maximum Gasteiger partial charge on any atom is 0.120 e. The quantitative estimate of drug-likeness (QED) is 0.920. The van der Waals surface area contributed by atoms with Gasteiger partial charge in [-0.05, 0) is 50.0 Å². The molecule has 2 heterocycles. The van der Waals surface area contributed by atoms with Crippen LogP contribution in [-0.2, 0) is 0 Å². The van der Waals surface area contributed by atoms with Gasteiger partial charge in [0.1, 0.15) is 12.4 Å². The van der Waals surface area contributed by atoms with Crippen molar-refractivity contribution in [1.29, 1.82) is 0 Å². The Morgan fingerprint density at radius 3 is 3.11 bits per heavy atom. The van der Waals surface area contributed by atoms with Gasteiger partial charge < -0.3 is 10.1 Å². The predicted molar refractivity (Wildman–Crippen MR) is 80.5 cm³/mol. The van der Waals surface area contributed by atoms with Crippen LogP contribution in [0.25, 0.3) is 0 Å². The third-order valence-corrected chi connectivity index (χ3v) is 4.99. The zero-order valence-corrected chi connectivity index (χ0v) is 12.9. The molecule has 3 nitrogen and oxygen atoms in total. The maximum absolute atomic E-state index is 5.83. The molecule has 19 heavy (non-hydrogen) atoms. The van der Waals surface area contributed by atoms with Crippen LogP contribution < -0.4 is 10.1 Å². The number of hydrogen-bond donors (Lipinski definition) is 1. The Morgan fingerprint density at radius 1 is 1.42 bits per heavy atom. The number of hydrogen-bond acceptors (Lipinski definition) is 3. The highest BCUT2D eigenvalue weighted by Gasteiger charge is 2.41. The van der Waals surface area contributed by atoms with Crippen molar-refractivity contribution >= 4 is 15.9 Å². The average Bonchev–Trinajstić information content (AvgIpc) is 2.94.